The third-order valence-electron chi connectivity index (χ3n) is 3.37. The van der Waals surface area contributed by atoms with E-state index in [1.807, 2.05) is 23.1 Å². The summed E-state index contributed by atoms with van der Waals surface area (Å²) in [6, 6.07) is 5.69. The number of hydrogen-bond donors (Lipinski definition) is 0. The number of carbonyl (C=O) groups excluding carboxylic acids is 1. The molecule has 4 nitrogen and oxygen atoms in total. The SMILES string of the molecule is COc1ccc(CN2CC(CBr)CC2=O)c(OC)c1. The van der Waals surface area contributed by atoms with Crippen LogP contribution in [0, 0.1) is 5.92 Å². The Morgan fingerprint density at radius 1 is 1.37 bits per heavy atom. The van der Waals surface area contributed by atoms with Gasteiger partial charge in [-0.05, 0) is 18.1 Å². The number of halogens is 1. The van der Waals surface area contributed by atoms with Gasteiger partial charge in [0.2, 0.25) is 5.91 Å². The average Bonchev–Trinajstić information content (AvgIpc) is 2.80. The first kappa shape index (κ1) is 14.2. The van der Waals surface area contributed by atoms with Gasteiger partial charge in [0, 0.05) is 36.5 Å². The lowest BCUT2D eigenvalue weighted by atomic mass is 10.1. The molecular formula is C14H18BrNO3. The molecule has 1 amide bonds. The molecule has 0 N–H and O–H groups in total. The Bertz CT molecular complexity index is 464. The van der Waals surface area contributed by atoms with Crippen molar-refractivity contribution in [1.29, 1.82) is 0 Å². The van der Waals surface area contributed by atoms with Crippen molar-refractivity contribution in [2.45, 2.75) is 13.0 Å². The van der Waals surface area contributed by atoms with Crippen LogP contribution in [0.15, 0.2) is 18.2 Å². The minimum absolute atomic E-state index is 0.210. The first-order chi connectivity index (χ1) is 9.17. The van der Waals surface area contributed by atoms with Crippen LogP contribution in [0.4, 0.5) is 0 Å². The van der Waals surface area contributed by atoms with Gasteiger partial charge in [0.05, 0.1) is 14.2 Å². The summed E-state index contributed by atoms with van der Waals surface area (Å²) in [7, 11) is 3.25. The Hall–Kier alpha value is -1.23. The molecule has 1 fully saturated rings. The van der Waals surface area contributed by atoms with Gasteiger partial charge in [-0.25, -0.2) is 0 Å². The van der Waals surface area contributed by atoms with Crippen LogP contribution >= 0.6 is 15.9 Å². The van der Waals surface area contributed by atoms with Crippen molar-refractivity contribution >= 4 is 21.8 Å². The summed E-state index contributed by atoms with van der Waals surface area (Å²) in [5.74, 6) is 2.14. The van der Waals surface area contributed by atoms with Crippen LogP contribution in [0.2, 0.25) is 0 Å². The second kappa shape index (κ2) is 6.28. The highest BCUT2D eigenvalue weighted by molar-refractivity contribution is 9.09. The highest BCUT2D eigenvalue weighted by Crippen LogP contribution is 2.28. The summed E-state index contributed by atoms with van der Waals surface area (Å²) in [4.78, 5) is 13.8. The zero-order valence-electron chi connectivity index (χ0n) is 11.2. The molecule has 5 heteroatoms. The number of amides is 1. The minimum Gasteiger partial charge on any atom is -0.497 e. The zero-order valence-corrected chi connectivity index (χ0v) is 12.8. The number of carbonyl (C=O) groups is 1. The van der Waals surface area contributed by atoms with E-state index in [0.717, 1.165) is 28.9 Å². The van der Waals surface area contributed by atoms with Crippen molar-refractivity contribution in [3.63, 3.8) is 0 Å². The smallest absolute Gasteiger partial charge is 0.223 e. The van der Waals surface area contributed by atoms with Crippen LogP contribution in [0.25, 0.3) is 0 Å². The maximum atomic E-state index is 11.9. The van der Waals surface area contributed by atoms with E-state index in [9.17, 15) is 4.79 Å². The van der Waals surface area contributed by atoms with Crippen molar-refractivity contribution in [1.82, 2.24) is 4.90 Å². The molecule has 1 aromatic carbocycles. The Labute approximate surface area is 121 Å². The van der Waals surface area contributed by atoms with Gasteiger partial charge in [-0.15, -0.1) is 0 Å². The molecule has 1 aromatic rings. The molecule has 0 radical (unpaired) electrons. The molecule has 1 aliphatic rings. The summed E-state index contributed by atoms with van der Waals surface area (Å²) in [5.41, 5.74) is 1.01. The van der Waals surface area contributed by atoms with E-state index in [1.165, 1.54) is 0 Å². The first-order valence-electron chi connectivity index (χ1n) is 6.22. The molecule has 0 spiro atoms. The van der Waals surface area contributed by atoms with Gasteiger partial charge in [0.1, 0.15) is 11.5 Å². The average molecular weight is 328 g/mol. The normalized spacial score (nSPS) is 18.8. The number of hydrogen-bond acceptors (Lipinski definition) is 3. The first-order valence-corrected chi connectivity index (χ1v) is 7.34. The van der Waals surface area contributed by atoms with E-state index < -0.39 is 0 Å². The molecule has 1 atom stereocenters. The molecule has 0 aromatic heterocycles. The molecule has 0 bridgehead atoms. The molecule has 1 saturated heterocycles. The number of ether oxygens (including phenoxy) is 2. The van der Waals surface area contributed by atoms with Crippen molar-refractivity contribution in [2.24, 2.45) is 5.92 Å². The Balaban J connectivity index is 2.13. The fourth-order valence-electron chi connectivity index (χ4n) is 2.30. The van der Waals surface area contributed by atoms with Gasteiger partial charge in [-0.2, -0.15) is 0 Å². The number of methoxy groups -OCH3 is 2. The highest BCUT2D eigenvalue weighted by atomic mass is 79.9. The maximum absolute atomic E-state index is 11.9. The molecule has 0 aliphatic carbocycles. The molecule has 1 heterocycles. The Kier molecular flexibility index (Phi) is 4.69. The number of nitrogens with zero attached hydrogens (tertiary/aromatic N) is 1. The number of benzene rings is 1. The lowest BCUT2D eigenvalue weighted by Gasteiger charge is -2.18. The monoisotopic (exact) mass is 327 g/mol. The third-order valence-corrected chi connectivity index (χ3v) is 4.28. The van der Waals surface area contributed by atoms with Gasteiger partial charge in [-0.1, -0.05) is 15.9 Å². The predicted molar refractivity (Wildman–Crippen MR) is 76.9 cm³/mol. The summed E-state index contributed by atoms with van der Waals surface area (Å²) >= 11 is 3.44. The standard InChI is InChI=1S/C14H18BrNO3/c1-18-12-4-3-11(13(6-12)19-2)9-16-8-10(7-15)5-14(16)17/h3-4,6,10H,5,7-9H2,1-2H3. The lowest BCUT2D eigenvalue weighted by molar-refractivity contribution is -0.128. The third kappa shape index (κ3) is 3.21. The zero-order chi connectivity index (χ0) is 13.8. The summed E-state index contributed by atoms with van der Waals surface area (Å²) < 4.78 is 10.5. The van der Waals surface area contributed by atoms with E-state index in [4.69, 9.17) is 9.47 Å². The molecule has 2 rings (SSSR count). The van der Waals surface area contributed by atoms with E-state index in [1.54, 1.807) is 14.2 Å². The number of alkyl halides is 1. The molecular weight excluding hydrogens is 310 g/mol. The Morgan fingerprint density at radius 3 is 2.74 bits per heavy atom. The van der Waals surface area contributed by atoms with Crippen molar-refractivity contribution in [3.8, 4) is 11.5 Å². The van der Waals surface area contributed by atoms with Crippen molar-refractivity contribution in [3.05, 3.63) is 23.8 Å². The van der Waals surface area contributed by atoms with Crippen LogP contribution in [-0.4, -0.2) is 36.9 Å². The molecule has 0 saturated carbocycles. The largest absolute Gasteiger partial charge is 0.497 e. The Morgan fingerprint density at radius 2 is 2.16 bits per heavy atom. The van der Waals surface area contributed by atoms with Gasteiger partial charge >= 0.3 is 0 Å². The fraction of sp³-hybridized carbons (Fsp3) is 0.500. The van der Waals surface area contributed by atoms with Crippen LogP contribution in [0.3, 0.4) is 0 Å². The van der Waals surface area contributed by atoms with E-state index >= 15 is 0 Å². The number of rotatable bonds is 5. The maximum Gasteiger partial charge on any atom is 0.223 e. The van der Waals surface area contributed by atoms with Gasteiger partial charge in [0.15, 0.2) is 0 Å². The van der Waals surface area contributed by atoms with E-state index in [0.29, 0.717) is 18.9 Å². The number of likely N-dealkylation sites (tertiary alicyclic amines) is 1. The van der Waals surface area contributed by atoms with Crippen LogP contribution in [0.1, 0.15) is 12.0 Å². The minimum atomic E-state index is 0.210. The van der Waals surface area contributed by atoms with Crippen molar-refractivity contribution in [2.75, 3.05) is 26.1 Å². The van der Waals surface area contributed by atoms with Gasteiger partial charge < -0.3 is 14.4 Å². The quantitative estimate of drug-likeness (QED) is 0.780. The molecule has 104 valence electrons. The topological polar surface area (TPSA) is 38.8 Å². The van der Waals surface area contributed by atoms with Crippen LogP contribution in [0.5, 0.6) is 11.5 Å². The van der Waals surface area contributed by atoms with Gasteiger partial charge in [0.25, 0.3) is 0 Å². The highest BCUT2D eigenvalue weighted by Gasteiger charge is 2.29. The summed E-state index contributed by atoms with van der Waals surface area (Å²) in [6.45, 7) is 1.40. The summed E-state index contributed by atoms with van der Waals surface area (Å²) in [6.07, 6.45) is 0.629. The molecule has 1 unspecified atom stereocenters. The van der Waals surface area contributed by atoms with Crippen LogP contribution in [-0.2, 0) is 11.3 Å². The molecule has 19 heavy (non-hydrogen) atoms. The van der Waals surface area contributed by atoms with Crippen molar-refractivity contribution < 1.29 is 14.3 Å². The van der Waals surface area contributed by atoms with E-state index in [-0.39, 0.29) is 5.91 Å². The lowest BCUT2D eigenvalue weighted by Crippen LogP contribution is -2.25. The van der Waals surface area contributed by atoms with Gasteiger partial charge in [-0.3, -0.25) is 4.79 Å². The molecule has 1 aliphatic heterocycles. The van der Waals surface area contributed by atoms with Crippen LogP contribution < -0.4 is 9.47 Å². The van der Waals surface area contributed by atoms with E-state index in [2.05, 4.69) is 15.9 Å². The second-order valence-corrected chi connectivity index (χ2v) is 5.32. The predicted octanol–water partition coefficient (Wildman–Crippen LogP) is 2.45. The fourth-order valence-corrected chi connectivity index (χ4v) is 2.73. The second-order valence-electron chi connectivity index (χ2n) is 4.68. The summed E-state index contributed by atoms with van der Waals surface area (Å²) in [5, 5.41) is 0.870.